The van der Waals surface area contributed by atoms with Crippen molar-refractivity contribution >= 4 is 23.1 Å². The highest BCUT2D eigenvalue weighted by Crippen LogP contribution is 2.28. The number of fused-ring (bicyclic) bond motifs is 1. The number of hydrogen-bond acceptors (Lipinski definition) is 4. The van der Waals surface area contributed by atoms with Crippen molar-refractivity contribution < 1.29 is 14.0 Å². The van der Waals surface area contributed by atoms with Gasteiger partial charge in [0.25, 0.3) is 0 Å². The number of Topliss-reactive ketones (excluding diaryl/α,β-unsaturated/α-hetero) is 1. The highest BCUT2D eigenvalue weighted by atomic mass is 19.1. The van der Waals surface area contributed by atoms with Crippen LogP contribution >= 0.6 is 0 Å². The Labute approximate surface area is 170 Å². The Morgan fingerprint density at radius 2 is 1.76 bits per heavy atom. The summed E-state index contributed by atoms with van der Waals surface area (Å²) in [5.41, 5.74) is 3.95. The third-order valence-electron chi connectivity index (χ3n) is 5.77. The van der Waals surface area contributed by atoms with Gasteiger partial charge in [-0.05, 0) is 67.4 Å². The van der Waals surface area contributed by atoms with Crippen LogP contribution in [0, 0.1) is 5.82 Å². The van der Waals surface area contributed by atoms with Gasteiger partial charge in [0.05, 0.1) is 0 Å². The molecule has 2 aliphatic rings. The minimum atomic E-state index is -0.317. The summed E-state index contributed by atoms with van der Waals surface area (Å²) in [5.74, 6) is -0.148. The zero-order valence-corrected chi connectivity index (χ0v) is 16.5. The number of nitrogens with one attached hydrogen (secondary N) is 1. The van der Waals surface area contributed by atoms with Gasteiger partial charge in [0.15, 0.2) is 5.78 Å². The van der Waals surface area contributed by atoms with Crippen molar-refractivity contribution in [2.45, 2.75) is 25.7 Å². The molecule has 0 aromatic heterocycles. The van der Waals surface area contributed by atoms with Crippen molar-refractivity contribution in [3.8, 4) is 0 Å². The van der Waals surface area contributed by atoms with Crippen molar-refractivity contribution in [3.63, 3.8) is 0 Å². The molecule has 5 nitrogen and oxygen atoms in total. The van der Waals surface area contributed by atoms with Gasteiger partial charge in [-0.25, -0.2) is 4.39 Å². The maximum atomic E-state index is 13.0. The summed E-state index contributed by atoms with van der Waals surface area (Å²) in [5, 5.41) is 2.93. The Morgan fingerprint density at radius 1 is 1.00 bits per heavy atom. The van der Waals surface area contributed by atoms with E-state index in [-0.39, 0.29) is 17.5 Å². The van der Waals surface area contributed by atoms with Gasteiger partial charge >= 0.3 is 0 Å². The number of benzene rings is 2. The van der Waals surface area contributed by atoms with E-state index in [1.54, 1.807) is 12.1 Å². The predicted octanol–water partition coefficient (Wildman–Crippen LogP) is 3.50. The molecular formula is C23H26FN3O2. The summed E-state index contributed by atoms with van der Waals surface area (Å²) in [4.78, 5) is 28.5. The standard InChI is InChI=1S/C23H26FN3O2/c24-19-6-3-17(4-7-19)22(28)2-1-11-26-12-14-27(15-13-26)20-8-9-21-18(16-20)5-10-23(29)25-21/h3-4,6-9,16H,1-2,5,10-15H2,(H,25,29). The number of anilines is 2. The molecule has 0 atom stereocenters. The van der Waals surface area contributed by atoms with E-state index in [2.05, 4.69) is 27.2 Å². The van der Waals surface area contributed by atoms with Crippen molar-refractivity contribution in [2.75, 3.05) is 42.9 Å². The molecule has 0 radical (unpaired) electrons. The smallest absolute Gasteiger partial charge is 0.224 e. The van der Waals surface area contributed by atoms with Crippen molar-refractivity contribution in [2.24, 2.45) is 0 Å². The molecule has 2 aliphatic heterocycles. The molecule has 29 heavy (non-hydrogen) atoms. The lowest BCUT2D eigenvalue weighted by atomic mass is 10.0. The third kappa shape index (κ3) is 4.82. The van der Waals surface area contributed by atoms with E-state index in [1.807, 2.05) is 6.07 Å². The molecule has 152 valence electrons. The molecule has 1 fully saturated rings. The zero-order chi connectivity index (χ0) is 20.2. The molecule has 1 saturated heterocycles. The van der Waals surface area contributed by atoms with Crippen LogP contribution in [0.3, 0.4) is 0 Å². The highest BCUT2D eigenvalue weighted by molar-refractivity contribution is 5.96. The van der Waals surface area contributed by atoms with Gasteiger partial charge in [-0.3, -0.25) is 14.5 Å². The van der Waals surface area contributed by atoms with Crippen LogP contribution < -0.4 is 10.2 Å². The largest absolute Gasteiger partial charge is 0.369 e. The minimum Gasteiger partial charge on any atom is -0.369 e. The van der Waals surface area contributed by atoms with Crippen LogP contribution in [-0.4, -0.2) is 49.3 Å². The minimum absolute atomic E-state index is 0.0739. The van der Waals surface area contributed by atoms with Crippen LogP contribution in [0.25, 0.3) is 0 Å². The number of hydrogen-bond donors (Lipinski definition) is 1. The summed E-state index contributed by atoms with van der Waals surface area (Å²) in [6.45, 7) is 4.75. The predicted molar refractivity (Wildman–Crippen MR) is 112 cm³/mol. The molecule has 1 N–H and O–H groups in total. The van der Waals surface area contributed by atoms with Gasteiger partial charge in [-0.1, -0.05) is 0 Å². The lowest BCUT2D eigenvalue weighted by molar-refractivity contribution is -0.116. The van der Waals surface area contributed by atoms with Gasteiger partial charge in [-0.15, -0.1) is 0 Å². The van der Waals surface area contributed by atoms with Crippen LogP contribution in [0.5, 0.6) is 0 Å². The monoisotopic (exact) mass is 395 g/mol. The molecule has 4 rings (SSSR count). The van der Waals surface area contributed by atoms with Crippen LogP contribution in [0.4, 0.5) is 15.8 Å². The van der Waals surface area contributed by atoms with E-state index in [9.17, 15) is 14.0 Å². The lowest BCUT2D eigenvalue weighted by Gasteiger charge is -2.36. The van der Waals surface area contributed by atoms with E-state index < -0.39 is 0 Å². The van der Waals surface area contributed by atoms with E-state index in [4.69, 9.17) is 0 Å². The van der Waals surface area contributed by atoms with Gasteiger partial charge in [0.1, 0.15) is 5.82 Å². The molecule has 0 bridgehead atoms. The van der Waals surface area contributed by atoms with Crippen LogP contribution in [0.2, 0.25) is 0 Å². The summed E-state index contributed by atoms with van der Waals surface area (Å²) in [7, 11) is 0. The quantitative estimate of drug-likeness (QED) is 0.761. The van der Waals surface area contributed by atoms with Gasteiger partial charge in [0, 0.05) is 56.0 Å². The van der Waals surface area contributed by atoms with Crippen LogP contribution in [0.1, 0.15) is 35.2 Å². The fraction of sp³-hybridized carbons (Fsp3) is 0.391. The molecular weight excluding hydrogens is 369 g/mol. The number of nitrogens with zero attached hydrogens (tertiary/aromatic N) is 2. The number of piperazine rings is 1. The summed E-state index contributed by atoms with van der Waals surface area (Å²) in [6.07, 6.45) is 2.66. The van der Waals surface area contributed by atoms with Crippen molar-refractivity contribution in [3.05, 3.63) is 59.4 Å². The number of rotatable bonds is 6. The topological polar surface area (TPSA) is 52.7 Å². The summed E-state index contributed by atoms with van der Waals surface area (Å²) in [6, 6.07) is 12.1. The fourth-order valence-corrected chi connectivity index (χ4v) is 4.04. The normalized spacial score (nSPS) is 17.0. The van der Waals surface area contributed by atoms with Crippen LogP contribution in [-0.2, 0) is 11.2 Å². The van der Waals surface area contributed by atoms with E-state index in [0.29, 0.717) is 18.4 Å². The maximum Gasteiger partial charge on any atom is 0.224 e. The van der Waals surface area contributed by atoms with Crippen molar-refractivity contribution in [1.29, 1.82) is 0 Å². The molecule has 2 heterocycles. The Morgan fingerprint density at radius 3 is 2.52 bits per heavy atom. The first kappa shape index (κ1) is 19.6. The molecule has 1 amide bonds. The van der Waals surface area contributed by atoms with E-state index in [0.717, 1.165) is 51.3 Å². The van der Waals surface area contributed by atoms with Gasteiger partial charge in [-0.2, -0.15) is 0 Å². The Balaban J connectivity index is 1.23. The number of carbonyl (C=O) groups is 2. The number of carbonyl (C=O) groups excluding carboxylic acids is 2. The lowest BCUT2D eigenvalue weighted by Crippen LogP contribution is -2.46. The Kier molecular flexibility index (Phi) is 5.90. The third-order valence-corrected chi connectivity index (χ3v) is 5.77. The molecule has 0 saturated carbocycles. The number of halogens is 1. The van der Waals surface area contributed by atoms with Crippen LogP contribution in [0.15, 0.2) is 42.5 Å². The summed E-state index contributed by atoms with van der Waals surface area (Å²) >= 11 is 0. The second kappa shape index (κ2) is 8.74. The Hall–Kier alpha value is -2.73. The molecule has 0 aliphatic carbocycles. The number of ketones is 1. The van der Waals surface area contributed by atoms with E-state index in [1.165, 1.54) is 23.4 Å². The molecule has 0 spiro atoms. The first-order chi connectivity index (χ1) is 14.1. The molecule has 2 aromatic carbocycles. The first-order valence-electron chi connectivity index (χ1n) is 10.3. The summed E-state index contributed by atoms with van der Waals surface area (Å²) < 4.78 is 13.0. The highest BCUT2D eigenvalue weighted by Gasteiger charge is 2.20. The fourth-order valence-electron chi connectivity index (χ4n) is 4.04. The molecule has 2 aromatic rings. The van der Waals surface area contributed by atoms with Gasteiger partial charge in [0.2, 0.25) is 5.91 Å². The average molecular weight is 395 g/mol. The number of amides is 1. The second-order valence-electron chi connectivity index (χ2n) is 7.75. The number of aryl methyl sites for hydroxylation is 1. The van der Waals surface area contributed by atoms with Crippen molar-refractivity contribution in [1.82, 2.24) is 4.90 Å². The van der Waals surface area contributed by atoms with E-state index >= 15 is 0 Å². The second-order valence-corrected chi connectivity index (χ2v) is 7.75. The molecule has 6 heteroatoms. The maximum absolute atomic E-state index is 13.0. The average Bonchev–Trinajstić information content (AvgIpc) is 2.74. The Bertz CT molecular complexity index is 889. The SMILES string of the molecule is O=C1CCc2cc(N3CCN(CCCC(=O)c4ccc(F)cc4)CC3)ccc2N1. The first-order valence-corrected chi connectivity index (χ1v) is 10.3. The molecule has 0 unspecified atom stereocenters. The zero-order valence-electron chi connectivity index (χ0n) is 16.5. The van der Waals surface area contributed by atoms with Gasteiger partial charge < -0.3 is 10.2 Å².